The molecule has 0 spiro atoms. The Bertz CT molecular complexity index is 730. The Labute approximate surface area is 132 Å². The number of benzene rings is 2. The van der Waals surface area contributed by atoms with E-state index in [-0.39, 0.29) is 23.9 Å². The van der Waals surface area contributed by atoms with Crippen LogP contribution in [0.2, 0.25) is 0 Å². The number of hydrogen-bond donors (Lipinski definition) is 2. The lowest BCUT2D eigenvalue weighted by molar-refractivity contribution is -0.121. The van der Waals surface area contributed by atoms with Crippen LogP contribution >= 0.6 is 0 Å². The molecule has 3 N–H and O–H groups in total. The Hall–Kier alpha value is -2.76. The molecule has 0 aliphatic rings. The molecule has 2 aromatic carbocycles. The van der Waals surface area contributed by atoms with Gasteiger partial charge >= 0.3 is 0 Å². The van der Waals surface area contributed by atoms with Gasteiger partial charge in [-0.3, -0.25) is 9.59 Å². The Morgan fingerprint density at radius 2 is 1.78 bits per heavy atom. The van der Waals surface area contributed by atoms with E-state index in [0.29, 0.717) is 5.56 Å². The lowest BCUT2D eigenvalue weighted by Gasteiger charge is -2.15. The molecule has 0 bridgehead atoms. The van der Waals surface area contributed by atoms with Crippen LogP contribution in [0.4, 0.5) is 8.78 Å². The molecule has 120 valence electrons. The number of nitrogens with one attached hydrogen (secondary N) is 1. The van der Waals surface area contributed by atoms with E-state index in [4.69, 9.17) is 5.73 Å². The van der Waals surface area contributed by atoms with Gasteiger partial charge in [-0.25, -0.2) is 8.78 Å². The third-order valence-electron chi connectivity index (χ3n) is 3.44. The van der Waals surface area contributed by atoms with Crippen LogP contribution in [-0.4, -0.2) is 11.8 Å². The van der Waals surface area contributed by atoms with Crippen LogP contribution in [0.25, 0.3) is 0 Å². The predicted molar refractivity (Wildman–Crippen MR) is 81.6 cm³/mol. The second kappa shape index (κ2) is 7.00. The number of halogens is 2. The van der Waals surface area contributed by atoms with Crippen molar-refractivity contribution in [1.29, 1.82) is 0 Å². The molecule has 0 heterocycles. The van der Waals surface area contributed by atoms with Gasteiger partial charge in [0.05, 0.1) is 12.5 Å². The Kier molecular flexibility index (Phi) is 5.05. The molecule has 4 nitrogen and oxygen atoms in total. The monoisotopic (exact) mass is 318 g/mol. The lowest BCUT2D eigenvalue weighted by Crippen LogP contribution is -2.28. The zero-order chi connectivity index (χ0) is 17.0. The topological polar surface area (TPSA) is 72.2 Å². The molecule has 0 aromatic heterocycles. The summed E-state index contributed by atoms with van der Waals surface area (Å²) >= 11 is 0. The number of rotatable bonds is 5. The van der Waals surface area contributed by atoms with Crippen molar-refractivity contribution in [2.45, 2.75) is 19.4 Å². The second-order valence-corrected chi connectivity index (χ2v) is 5.19. The number of hydrogen-bond acceptors (Lipinski definition) is 2. The molecule has 2 amide bonds. The first-order chi connectivity index (χ1) is 10.9. The van der Waals surface area contributed by atoms with Gasteiger partial charge in [-0.1, -0.05) is 18.2 Å². The number of carbonyl (C=O) groups excluding carboxylic acids is 2. The van der Waals surface area contributed by atoms with Gasteiger partial charge in [-0.05, 0) is 36.2 Å². The summed E-state index contributed by atoms with van der Waals surface area (Å²) in [4.78, 5) is 23.0. The lowest BCUT2D eigenvalue weighted by atomic mass is 10.0. The van der Waals surface area contributed by atoms with Gasteiger partial charge < -0.3 is 11.1 Å². The molecule has 2 rings (SSSR count). The fourth-order valence-corrected chi connectivity index (χ4v) is 2.15. The predicted octanol–water partition coefficient (Wildman–Crippen LogP) is 2.48. The molecule has 2 aromatic rings. The van der Waals surface area contributed by atoms with Gasteiger partial charge in [0.1, 0.15) is 11.6 Å². The van der Waals surface area contributed by atoms with Gasteiger partial charge in [0.2, 0.25) is 11.8 Å². The number of carbonyl (C=O) groups is 2. The molecule has 0 saturated heterocycles. The zero-order valence-corrected chi connectivity index (χ0v) is 12.5. The van der Waals surface area contributed by atoms with Crippen LogP contribution in [0.3, 0.4) is 0 Å². The smallest absolute Gasteiger partial charge is 0.248 e. The fourth-order valence-electron chi connectivity index (χ4n) is 2.15. The van der Waals surface area contributed by atoms with E-state index in [2.05, 4.69) is 5.32 Å². The van der Waals surface area contributed by atoms with E-state index in [0.717, 1.165) is 17.7 Å². The van der Waals surface area contributed by atoms with E-state index in [1.807, 2.05) is 0 Å². The molecule has 0 saturated carbocycles. The summed E-state index contributed by atoms with van der Waals surface area (Å²) in [5.41, 5.74) is 6.44. The van der Waals surface area contributed by atoms with Crippen molar-refractivity contribution < 1.29 is 18.4 Å². The second-order valence-electron chi connectivity index (χ2n) is 5.19. The van der Waals surface area contributed by atoms with Crippen molar-refractivity contribution in [2.75, 3.05) is 0 Å². The highest BCUT2D eigenvalue weighted by Crippen LogP contribution is 2.15. The largest absolute Gasteiger partial charge is 0.366 e. The minimum absolute atomic E-state index is 0.125. The minimum Gasteiger partial charge on any atom is -0.366 e. The average molecular weight is 318 g/mol. The first-order valence-corrected chi connectivity index (χ1v) is 7.00. The van der Waals surface area contributed by atoms with E-state index in [1.165, 1.54) is 6.07 Å². The van der Waals surface area contributed by atoms with Crippen LogP contribution in [-0.2, 0) is 11.2 Å². The summed E-state index contributed by atoms with van der Waals surface area (Å²) in [6.45, 7) is 1.76. The molecular formula is C17H16F2N2O2. The van der Waals surface area contributed by atoms with E-state index in [9.17, 15) is 18.4 Å². The number of nitrogens with two attached hydrogens (primary N) is 1. The normalized spacial score (nSPS) is 11.8. The molecule has 23 heavy (non-hydrogen) atoms. The Morgan fingerprint density at radius 1 is 1.13 bits per heavy atom. The standard InChI is InChI=1S/C17H16F2N2O2/c1-10(11-2-4-12(5-3-11)17(20)23)21-16(22)8-13-6-7-14(18)9-15(13)19/h2-7,9-10H,8H2,1H3,(H2,20,23)(H,21,22). The van der Waals surface area contributed by atoms with Crippen LogP contribution < -0.4 is 11.1 Å². The molecule has 0 aliphatic carbocycles. The van der Waals surface area contributed by atoms with E-state index >= 15 is 0 Å². The molecule has 0 fully saturated rings. The molecule has 6 heteroatoms. The summed E-state index contributed by atoms with van der Waals surface area (Å²) in [6.07, 6.45) is -0.185. The van der Waals surface area contributed by atoms with Crippen LogP contribution in [0, 0.1) is 11.6 Å². The third kappa shape index (κ3) is 4.35. The van der Waals surface area contributed by atoms with Crippen molar-refractivity contribution in [3.05, 3.63) is 70.8 Å². The Balaban J connectivity index is 2.00. The molecule has 1 unspecified atom stereocenters. The van der Waals surface area contributed by atoms with Gasteiger partial charge in [-0.15, -0.1) is 0 Å². The highest BCUT2D eigenvalue weighted by atomic mass is 19.1. The summed E-state index contributed by atoms with van der Waals surface area (Å²) in [5.74, 6) is -2.35. The quantitative estimate of drug-likeness (QED) is 0.889. The SMILES string of the molecule is CC(NC(=O)Cc1ccc(F)cc1F)c1ccc(C(N)=O)cc1. The van der Waals surface area contributed by atoms with Crippen molar-refractivity contribution in [1.82, 2.24) is 5.32 Å². The van der Waals surface area contributed by atoms with Crippen LogP contribution in [0.5, 0.6) is 0 Å². The summed E-state index contributed by atoms with van der Waals surface area (Å²) in [5, 5.41) is 2.72. The summed E-state index contributed by atoms with van der Waals surface area (Å²) in [6, 6.07) is 9.28. The highest BCUT2D eigenvalue weighted by molar-refractivity contribution is 5.92. The first kappa shape index (κ1) is 16.6. The fraction of sp³-hybridized carbons (Fsp3) is 0.176. The van der Waals surface area contributed by atoms with Gasteiger partial charge in [-0.2, -0.15) is 0 Å². The molecule has 1 atom stereocenters. The maximum Gasteiger partial charge on any atom is 0.248 e. The number of primary amides is 1. The van der Waals surface area contributed by atoms with Gasteiger partial charge in [0.15, 0.2) is 0 Å². The van der Waals surface area contributed by atoms with Crippen molar-refractivity contribution in [3.63, 3.8) is 0 Å². The zero-order valence-electron chi connectivity index (χ0n) is 12.5. The van der Waals surface area contributed by atoms with Crippen molar-refractivity contribution >= 4 is 11.8 Å². The average Bonchev–Trinajstić information content (AvgIpc) is 2.50. The molecular weight excluding hydrogens is 302 g/mol. The summed E-state index contributed by atoms with van der Waals surface area (Å²) in [7, 11) is 0. The van der Waals surface area contributed by atoms with Crippen molar-refractivity contribution in [2.24, 2.45) is 5.73 Å². The first-order valence-electron chi connectivity index (χ1n) is 7.00. The molecule has 0 radical (unpaired) electrons. The maximum absolute atomic E-state index is 13.5. The molecule has 0 aliphatic heterocycles. The minimum atomic E-state index is -0.751. The van der Waals surface area contributed by atoms with Crippen LogP contribution in [0.15, 0.2) is 42.5 Å². The van der Waals surface area contributed by atoms with E-state index < -0.39 is 17.5 Å². The summed E-state index contributed by atoms with van der Waals surface area (Å²) < 4.78 is 26.4. The maximum atomic E-state index is 13.5. The third-order valence-corrected chi connectivity index (χ3v) is 3.44. The number of amides is 2. The van der Waals surface area contributed by atoms with Crippen molar-refractivity contribution in [3.8, 4) is 0 Å². The highest BCUT2D eigenvalue weighted by Gasteiger charge is 2.13. The van der Waals surface area contributed by atoms with Crippen LogP contribution in [0.1, 0.15) is 34.5 Å². The Morgan fingerprint density at radius 3 is 2.35 bits per heavy atom. The van der Waals surface area contributed by atoms with Gasteiger partial charge in [0.25, 0.3) is 0 Å². The van der Waals surface area contributed by atoms with E-state index in [1.54, 1.807) is 31.2 Å². The van der Waals surface area contributed by atoms with Gasteiger partial charge in [0, 0.05) is 11.6 Å².